The molecule has 8 heteroatoms. The summed E-state index contributed by atoms with van der Waals surface area (Å²) in [5.74, 6) is 2.61. The van der Waals surface area contributed by atoms with Crippen molar-refractivity contribution in [2.45, 2.75) is 6.92 Å². The first-order valence-corrected chi connectivity index (χ1v) is 8.16. The number of methoxy groups -OCH3 is 1. The van der Waals surface area contributed by atoms with Gasteiger partial charge in [0.2, 0.25) is 5.95 Å². The van der Waals surface area contributed by atoms with Crippen molar-refractivity contribution in [3.63, 3.8) is 0 Å². The minimum atomic E-state index is 0.489. The summed E-state index contributed by atoms with van der Waals surface area (Å²) in [6, 6.07) is 5.81. The number of aryl methyl sites for hydroxylation is 1. The van der Waals surface area contributed by atoms with Gasteiger partial charge in [0.1, 0.15) is 12.4 Å². The van der Waals surface area contributed by atoms with Crippen molar-refractivity contribution in [1.29, 1.82) is 0 Å². The van der Waals surface area contributed by atoms with Crippen LogP contribution in [-0.4, -0.2) is 40.3 Å². The fraction of sp³-hybridized carbons (Fsp3) is 0.222. The van der Waals surface area contributed by atoms with Crippen LogP contribution in [0.1, 0.15) is 5.69 Å². The molecule has 0 spiro atoms. The summed E-state index contributed by atoms with van der Waals surface area (Å²) in [5, 5.41) is 3.21. The van der Waals surface area contributed by atoms with E-state index in [4.69, 9.17) is 9.47 Å². The average molecular weight is 351 g/mol. The van der Waals surface area contributed by atoms with Crippen molar-refractivity contribution in [2.75, 3.05) is 31.0 Å². The summed E-state index contributed by atoms with van der Waals surface area (Å²) in [6.07, 6.45) is 5.39. The average Bonchev–Trinajstić information content (AvgIpc) is 3.08. The Balaban J connectivity index is 1.62. The van der Waals surface area contributed by atoms with Gasteiger partial charge in [0.15, 0.2) is 11.6 Å². The van der Waals surface area contributed by atoms with Crippen LogP contribution in [0.4, 0.5) is 17.5 Å². The number of aromatic nitrogens is 4. The minimum absolute atomic E-state index is 0.489. The van der Waals surface area contributed by atoms with Crippen molar-refractivity contribution < 1.29 is 9.47 Å². The number of rotatable bonds is 4. The topological polar surface area (TPSA) is 77.3 Å². The molecule has 0 saturated heterocycles. The Labute approximate surface area is 151 Å². The molecule has 0 saturated carbocycles. The van der Waals surface area contributed by atoms with Gasteiger partial charge in [0.25, 0.3) is 0 Å². The molecule has 0 unspecified atom stereocenters. The van der Waals surface area contributed by atoms with Gasteiger partial charge in [-0.1, -0.05) is 0 Å². The van der Waals surface area contributed by atoms with Crippen LogP contribution >= 0.6 is 0 Å². The van der Waals surface area contributed by atoms with E-state index >= 15 is 0 Å². The molecule has 1 aliphatic heterocycles. The first kappa shape index (κ1) is 16.2. The lowest BCUT2D eigenvalue weighted by atomic mass is 10.2. The summed E-state index contributed by atoms with van der Waals surface area (Å²) in [6.45, 7) is 4.39. The highest BCUT2D eigenvalue weighted by Gasteiger charge is 2.18. The molecule has 0 bridgehead atoms. The lowest BCUT2D eigenvalue weighted by Crippen LogP contribution is -2.25. The van der Waals surface area contributed by atoms with E-state index < -0.39 is 0 Å². The smallest absolute Gasteiger partial charge is 0.229 e. The molecule has 26 heavy (non-hydrogen) atoms. The predicted molar refractivity (Wildman–Crippen MR) is 98.4 cm³/mol. The third-order valence-electron chi connectivity index (χ3n) is 4.08. The molecule has 2 aromatic heterocycles. The summed E-state index contributed by atoms with van der Waals surface area (Å²) in [4.78, 5) is 15.0. The number of hydrogen-bond donors (Lipinski definition) is 1. The Morgan fingerprint density at radius 3 is 2.92 bits per heavy atom. The largest absolute Gasteiger partial charge is 0.494 e. The number of hydrogen-bond acceptors (Lipinski definition) is 7. The van der Waals surface area contributed by atoms with E-state index in [0.29, 0.717) is 18.3 Å². The predicted octanol–water partition coefficient (Wildman–Crippen LogP) is 2.71. The van der Waals surface area contributed by atoms with E-state index in [9.17, 15) is 0 Å². The second-order valence-electron chi connectivity index (χ2n) is 5.92. The maximum Gasteiger partial charge on any atom is 0.229 e. The molecule has 1 N–H and O–H groups in total. The maximum absolute atomic E-state index is 5.53. The van der Waals surface area contributed by atoms with E-state index in [1.807, 2.05) is 54.4 Å². The van der Waals surface area contributed by atoms with E-state index in [-0.39, 0.29) is 0 Å². The van der Waals surface area contributed by atoms with Crippen LogP contribution in [0.3, 0.4) is 0 Å². The van der Waals surface area contributed by atoms with Crippen LogP contribution < -0.4 is 19.7 Å². The summed E-state index contributed by atoms with van der Waals surface area (Å²) < 4.78 is 13.0. The third kappa shape index (κ3) is 3.01. The first-order valence-electron chi connectivity index (χ1n) is 8.16. The van der Waals surface area contributed by atoms with Gasteiger partial charge in [-0.25, -0.2) is 9.97 Å². The highest BCUT2D eigenvalue weighted by molar-refractivity contribution is 5.64. The van der Waals surface area contributed by atoms with E-state index in [1.54, 1.807) is 19.6 Å². The van der Waals surface area contributed by atoms with Crippen LogP contribution in [0.5, 0.6) is 11.5 Å². The Bertz CT molecular complexity index is 939. The molecule has 133 valence electrons. The number of benzene rings is 1. The molecule has 8 nitrogen and oxygen atoms in total. The Morgan fingerprint density at radius 2 is 2.15 bits per heavy atom. The van der Waals surface area contributed by atoms with Crippen LogP contribution in [0.25, 0.3) is 5.69 Å². The van der Waals surface area contributed by atoms with Crippen LogP contribution in [0.2, 0.25) is 0 Å². The second-order valence-corrected chi connectivity index (χ2v) is 5.92. The molecule has 3 aromatic rings. The van der Waals surface area contributed by atoms with E-state index in [1.165, 1.54) is 0 Å². The number of anilines is 3. The fourth-order valence-corrected chi connectivity index (χ4v) is 2.75. The van der Waals surface area contributed by atoms with Crippen molar-refractivity contribution in [1.82, 2.24) is 19.5 Å². The second kappa shape index (κ2) is 6.55. The highest BCUT2D eigenvalue weighted by Crippen LogP contribution is 2.31. The molecule has 1 aromatic carbocycles. The summed E-state index contributed by atoms with van der Waals surface area (Å²) in [7, 11) is 3.58. The summed E-state index contributed by atoms with van der Waals surface area (Å²) in [5.41, 5.74) is 2.68. The Kier molecular flexibility index (Phi) is 4.08. The molecular weight excluding hydrogens is 332 g/mol. The Hall–Kier alpha value is -3.29. The summed E-state index contributed by atoms with van der Waals surface area (Å²) >= 11 is 0. The van der Waals surface area contributed by atoms with Crippen LogP contribution in [-0.2, 0) is 0 Å². The van der Waals surface area contributed by atoms with Crippen LogP contribution in [0.15, 0.2) is 36.9 Å². The molecule has 0 amide bonds. The van der Waals surface area contributed by atoms with Crippen LogP contribution in [0, 0.1) is 13.5 Å². The SMILES string of the molecule is COc1cc(Nc2ncc3c(n2)N(C)[CH]CO3)ccc1-n1cnc(C)c1. The van der Waals surface area contributed by atoms with Crippen molar-refractivity contribution in [3.8, 4) is 17.2 Å². The lowest BCUT2D eigenvalue weighted by Gasteiger charge is -2.25. The third-order valence-corrected chi connectivity index (χ3v) is 4.08. The first-order chi connectivity index (χ1) is 12.6. The fourth-order valence-electron chi connectivity index (χ4n) is 2.75. The van der Waals surface area contributed by atoms with Crippen molar-refractivity contribution >= 4 is 17.5 Å². The van der Waals surface area contributed by atoms with Gasteiger partial charge >= 0.3 is 0 Å². The molecule has 0 aliphatic carbocycles. The standard InChI is InChI=1S/C18H19N6O2/c1-12-10-24(11-20-12)14-5-4-13(8-15(14)25-3)21-18-19-9-16-17(22-18)23(2)6-7-26-16/h4-6,8-11H,7H2,1-3H3,(H,19,21,22). The molecule has 3 heterocycles. The van der Waals surface area contributed by atoms with Crippen molar-refractivity contribution in [2.24, 2.45) is 0 Å². The number of nitrogens with one attached hydrogen (secondary N) is 1. The molecule has 1 radical (unpaired) electrons. The minimum Gasteiger partial charge on any atom is -0.494 e. The highest BCUT2D eigenvalue weighted by atomic mass is 16.5. The van der Waals surface area contributed by atoms with Crippen molar-refractivity contribution in [3.05, 3.63) is 49.2 Å². The molecule has 1 aliphatic rings. The molecule has 0 atom stereocenters. The molecular formula is C18H19N6O2. The van der Waals surface area contributed by atoms with Gasteiger partial charge in [-0.2, -0.15) is 4.98 Å². The van der Waals surface area contributed by atoms with Gasteiger partial charge in [-0.3, -0.25) is 0 Å². The molecule has 4 rings (SSSR count). The lowest BCUT2D eigenvalue weighted by molar-refractivity contribution is 0.330. The van der Waals surface area contributed by atoms with E-state index in [2.05, 4.69) is 20.3 Å². The molecule has 0 fully saturated rings. The quantitative estimate of drug-likeness (QED) is 0.774. The number of fused-ring (bicyclic) bond motifs is 1. The monoisotopic (exact) mass is 351 g/mol. The maximum atomic E-state index is 5.53. The van der Waals surface area contributed by atoms with Gasteiger partial charge in [-0.15, -0.1) is 0 Å². The zero-order chi connectivity index (χ0) is 18.1. The Morgan fingerprint density at radius 1 is 1.27 bits per heavy atom. The van der Waals surface area contributed by atoms with Gasteiger partial charge in [-0.05, 0) is 19.1 Å². The number of imidazole rings is 1. The zero-order valence-corrected chi connectivity index (χ0v) is 14.8. The zero-order valence-electron chi connectivity index (χ0n) is 14.8. The number of ether oxygens (including phenoxy) is 2. The normalized spacial score (nSPS) is 13.1. The van der Waals surface area contributed by atoms with Gasteiger partial charge in [0.05, 0.1) is 37.6 Å². The van der Waals surface area contributed by atoms with Gasteiger partial charge < -0.3 is 24.3 Å². The van der Waals surface area contributed by atoms with E-state index in [0.717, 1.165) is 28.6 Å². The number of likely N-dealkylation sites (N-methyl/N-ethyl adjacent to an activating group) is 1. The van der Waals surface area contributed by atoms with Gasteiger partial charge in [0, 0.05) is 25.0 Å². The number of nitrogens with zero attached hydrogens (tertiary/aromatic N) is 5.